The van der Waals surface area contributed by atoms with Crippen molar-refractivity contribution in [2.75, 3.05) is 7.11 Å². The van der Waals surface area contributed by atoms with Crippen LogP contribution in [0, 0.1) is 5.41 Å². The highest BCUT2D eigenvalue weighted by molar-refractivity contribution is 7.20. The van der Waals surface area contributed by atoms with Crippen LogP contribution in [0.15, 0.2) is 48.5 Å². The lowest BCUT2D eigenvalue weighted by Gasteiger charge is -2.00. The quantitative estimate of drug-likeness (QED) is 0.427. The molecule has 0 aliphatic heterocycles. The van der Waals surface area contributed by atoms with Gasteiger partial charge in [0.05, 0.1) is 12.0 Å². The molecule has 110 valence electrons. The van der Waals surface area contributed by atoms with E-state index in [-0.39, 0.29) is 5.84 Å². The van der Waals surface area contributed by atoms with Crippen molar-refractivity contribution in [2.45, 2.75) is 0 Å². The van der Waals surface area contributed by atoms with Crippen LogP contribution in [0.2, 0.25) is 0 Å². The predicted molar refractivity (Wildman–Crippen MR) is 94.8 cm³/mol. The first-order valence-electron chi connectivity index (χ1n) is 6.86. The molecule has 0 bridgehead atoms. The topological polar surface area (TPSA) is 59.1 Å². The number of benzene rings is 2. The molecule has 0 spiro atoms. The molecule has 0 radical (unpaired) electrons. The lowest BCUT2D eigenvalue weighted by molar-refractivity contribution is 0.414. The van der Waals surface area contributed by atoms with E-state index in [0.29, 0.717) is 0 Å². The van der Waals surface area contributed by atoms with E-state index in [4.69, 9.17) is 15.9 Å². The number of nitrogen functional groups attached to an aromatic ring is 1. The summed E-state index contributed by atoms with van der Waals surface area (Å²) in [5.74, 6) is 0.957. The number of ether oxygens (including phenoxy) is 1. The Morgan fingerprint density at radius 1 is 1.14 bits per heavy atom. The van der Waals surface area contributed by atoms with Gasteiger partial charge in [-0.2, -0.15) is 0 Å². The van der Waals surface area contributed by atoms with Crippen LogP contribution in [0.3, 0.4) is 0 Å². The summed E-state index contributed by atoms with van der Waals surface area (Å²) in [7, 11) is 1.66. The molecule has 0 aliphatic rings. The van der Waals surface area contributed by atoms with Gasteiger partial charge in [-0.25, -0.2) is 0 Å². The fourth-order valence-corrected chi connectivity index (χ4v) is 3.25. The van der Waals surface area contributed by atoms with E-state index in [2.05, 4.69) is 24.3 Å². The van der Waals surface area contributed by atoms with Crippen molar-refractivity contribution in [3.8, 4) is 5.75 Å². The maximum Gasteiger partial charge on any atom is 0.133 e. The molecular formula is C18H16N2OS. The average molecular weight is 308 g/mol. The molecule has 0 saturated carbocycles. The van der Waals surface area contributed by atoms with Crippen LogP contribution >= 0.6 is 11.3 Å². The van der Waals surface area contributed by atoms with Gasteiger partial charge in [0.2, 0.25) is 0 Å². The Kier molecular flexibility index (Phi) is 3.94. The first-order valence-corrected chi connectivity index (χ1v) is 7.68. The van der Waals surface area contributed by atoms with Crippen LogP contribution in [-0.2, 0) is 0 Å². The molecule has 3 N–H and O–H groups in total. The second-order valence-electron chi connectivity index (χ2n) is 4.89. The van der Waals surface area contributed by atoms with E-state index in [1.165, 1.54) is 0 Å². The Morgan fingerprint density at radius 3 is 2.73 bits per heavy atom. The highest BCUT2D eigenvalue weighted by Crippen LogP contribution is 2.29. The van der Waals surface area contributed by atoms with Gasteiger partial charge in [0, 0.05) is 10.1 Å². The fourth-order valence-electron chi connectivity index (χ4n) is 2.29. The van der Waals surface area contributed by atoms with Gasteiger partial charge in [-0.05, 0) is 35.4 Å². The summed E-state index contributed by atoms with van der Waals surface area (Å²) in [6.07, 6.45) is 4.14. The lowest BCUT2D eigenvalue weighted by Crippen LogP contribution is -2.08. The Labute approximate surface area is 133 Å². The SMILES string of the molecule is COc1cccc(C=Cc2cccc3sc(C(=N)N)cc23)c1. The first kappa shape index (κ1) is 14.4. The zero-order valence-electron chi connectivity index (χ0n) is 12.2. The standard InChI is InChI=1S/C18H16N2OS/c1-21-14-6-2-4-12(10-14)8-9-13-5-3-7-16-15(13)11-17(22-16)18(19)20/h2-11H,1H3,(H3,19,20). The molecule has 3 nitrogen and oxygen atoms in total. The van der Waals surface area contributed by atoms with Gasteiger partial charge in [0.25, 0.3) is 0 Å². The molecule has 0 fully saturated rings. The number of nitrogens with two attached hydrogens (primary N) is 1. The molecule has 3 aromatic rings. The predicted octanol–water partition coefficient (Wildman–Crippen LogP) is 4.36. The summed E-state index contributed by atoms with van der Waals surface area (Å²) < 4.78 is 6.37. The third-order valence-electron chi connectivity index (χ3n) is 3.41. The van der Waals surface area contributed by atoms with Crippen LogP contribution in [0.25, 0.3) is 22.2 Å². The largest absolute Gasteiger partial charge is 0.497 e. The Balaban J connectivity index is 1.99. The molecule has 1 heterocycles. The zero-order chi connectivity index (χ0) is 15.5. The molecule has 1 aromatic heterocycles. The number of amidine groups is 1. The Hall–Kier alpha value is -2.59. The van der Waals surface area contributed by atoms with Gasteiger partial charge >= 0.3 is 0 Å². The number of methoxy groups -OCH3 is 1. The van der Waals surface area contributed by atoms with Crippen molar-refractivity contribution in [2.24, 2.45) is 5.73 Å². The van der Waals surface area contributed by atoms with E-state index in [9.17, 15) is 0 Å². The first-order chi connectivity index (χ1) is 10.7. The van der Waals surface area contributed by atoms with Crippen molar-refractivity contribution in [1.82, 2.24) is 0 Å². The average Bonchev–Trinajstić information content (AvgIpc) is 2.98. The fraction of sp³-hybridized carbons (Fsp3) is 0.0556. The normalized spacial score (nSPS) is 11.1. The molecule has 22 heavy (non-hydrogen) atoms. The van der Waals surface area contributed by atoms with Crippen molar-refractivity contribution in [1.29, 1.82) is 5.41 Å². The van der Waals surface area contributed by atoms with Crippen LogP contribution in [-0.4, -0.2) is 12.9 Å². The number of thiophene rings is 1. The van der Waals surface area contributed by atoms with Crippen LogP contribution in [0.5, 0.6) is 5.75 Å². The van der Waals surface area contributed by atoms with Crippen molar-refractivity contribution >= 4 is 39.4 Å². The third-order valence-corrected chi connectivity index (χ3v) is 4.54. The number of nitrogens with one attached hydrogen (secondary N) is 1. The Morgan fingerprint density at radius 2 is 1.95 bits per heavy atom. The highest BCUT2D eigenvalue weighted by atomic mass is 32.1. The van der Waals surface area contributed by atoms with E-state index in [0.717, 1.165) is 31.8 Å². The summed E-state index contributed by atoms with van der Waals surface area (Å²) in [5.41, 5.74) is 7.78. The van der Waals surface area contributed by atoms with E-state index >= 15 is 0 Å². The summed E-state index contributed by atoms with van der Waals surface area (Å²) >= 11 is 1.54. The molecule has 0 saturated heterocycles. The van der Waals surface area contributed by atoms with Crippen molar-refractivity contribution < 1.29 is 4.74 Å². The smallest absolute Gasteiger partial charge is 0.133 e. The van der Waals surface area contributed by atoms with E-state index in [1.807, 2.05) is 36.4 Å². The third kappa shape index (κ3) is 2.87. The summed E-state index contributed by atoms with van der Waals surface area (Å²) in [5, 5.41) is 8.70. The maximum absolute atomic E-state index is 7.58. The van der Waals surface area contributed by atoms with E-state index < -0.39 is 0 Å². The molecule has 3 rings (SSSR count). The van der Waals surface area contributed by atoms with Gasteiger partial charge in [-0.15, -0.1) is 11.3 Å². The molecule has 0 amide bonds. The van der Waals surface area contributed by atoms with Crippen molar-refractivity contribution in [3.05, 3.63) is 64.5 Å². The summed E-state index contributed by atoms with van der Waals surface area (Å²) in [4.78, 5) is 0.803. The van der Waals surface area contributed by atoms with Gasteiger partial charge in [-0.1, -0.05) is 36.4 Å². The molecule has 0 unspecified atom stereocenters. The number of hydrogen-bond acceptors (Lipinski definition) is 3. The monoisotopic (exact) mass is 308 g/mol. The van der Waals surface area contributed by atoms with Crippen LogP contribution in [0.1, 0.15) is 16.0 Å². The summed E-state index contributed by atoms with van der Waals surface area (Å²) in [6.45, 7) is 0. The van der Waals surface area contributed by atoms with Crippen LogP contribution < -0.4 is 10.5 Å². The molecule has 4 heteroatoms. The van der Waals surface area contributed by atoms with Gasteiger partial charge in [0.15, 0.2) is 0 Å². The van der Waals surface area contributed by atoms with Crippen molar-refractivity contribution in [3.63, 3.8) is 0 Å². The van der Waals surface area contributed by atoms with E-state index in [1.54, 1.807) is 18.4 Å². The number of hydrogen-bond donors (Lipinski definition) is 2. The second-order valence-corrected chi connectivity index (χ2v) is 5.98. The highest BCUT2D eigenvalue weighted by Gasteiger charge is 2.06. The Bertz CT molecular complexity index is 864. The molecule has 0 aliphatic carbocycles. The minimum atomic E-state index is 0.115. The second kappa shape index (κ2) is 6.03. The number of rotatable bonds is 4. The molecule has 2 aromatic carbocycles. The zero-order valence-corrected chi connectivity index (χ0v) is 13.0. The minimum absolute atomic E-state index is 0.115. The van der Waals surface area contributed by atoms with Gasteiger partial charge < -0.3 is 10.5 Å². The molecular weight excluding hydrogens is 292 g/mol. The maximum atomic E-state index is 7.58. The summed E-state index contributed by atoms with van der Waals surface area (Å²) in [6, 6.07) is 16.0. The van der Waals surface area contributed by atoms with Gasteiger partial charge in [0.1, 0.15) is 11.6 Å². The molecule has 0 atom stereocenters. The van der Waals surface area contributed by atoms with Crippen LogP contribution in [0.4, 0.5) is 0 Å². The number of fused-ring (bicyclic) bond motifs is 1. The van der Waals surface area contributed by atoms with Gasteiger partial charge in [-0.3, -0.25) is 5.41 Å². The lowest BCUT2D eigenvalue weighted by atomic mass is 10.1. The minimum Gasteiger partial charge on any atom is -0.497 e.